The van der Waals surface area contributed by atoms with Gasteiger partial charge in [0.25, 0.3) is 0 Å². The molecular formula is C11H15N3O3. The van der Waals surface area contributed by atoms with Crippen LogP contribution in [-0.4, -0.2) is 28.7 Å². The lowest BCUT2D eigenvalue weighted by Crippen LogP contribution is -2.16. The number of aromatic amines is 1. The number of aryl methyl sites for hydroxylation is 2. The minimum Gasteiger partial charge on any atom is -0.462 e. The highest BCUT2D eigenvalue weighted by Crippen LogP contribution is 2.15. The molecule has 0 saturated carbocycles. The van der Waals surface area contributed by atoms with Gasteiger partial charge >= 0.3 is 5.97 Å². The third-order valence-corrected chi connectivity index (χ3v) is 2.13. The molecule has 92 valence electrons. The fourth-order valence-corrected chi connectivity index (χ4v) is 1.24. The molecule has 0 spiro atoms. The summed E-state index contributed by atoms with van der Waals surface area (Å²) < 4.78 is 4.70. The molecule has 2 N–H and O–H groups in total. The van der Waals surface area contributed by atoms with Crippen molar-refractivity contribution in [1.82, 2.24) is 10.2 Å². The van der Waals surface area contributed by atoms with Crippen LogP contribution in [0.25, 0.3) is 0 Å². The predicted octanol–water partition coefficient (Wildman–Crippen LogP) is 1.08. The molecule has 6 nitrogen and oxygen atoms in total. The van der Waals surface area contributed by atoms with Crippen molar-refractivity contribution in [3.05, 3.63) is 24.0 Å². The van der Waals surface area contributed by atoms with Crippen molar-refractivity contribution >= 4 is 17.6 Å². The number of hydrogen-bond acceptors (Lipinski definition) is 4. The van der Waals surface area contributed by atoms with Gasteiger partial charge in [-0.1, -0.05) is 6.58 Å². The summed E-state index contributed by atoms with van der Waals surface area (Å²) in [7, 11) is 0. The van der Waals surface area contributed by atoms with Gasteiger partial charge in [0.1, 0.15) is 6.61 Å². The Morgan fingerprint density at radius 1 is 1.53 bits per heavy atom. The van der Waals surface area contributed by atoms with Crippen molar-refractivity contribution in [2.75, 3.05) is 11.9 Å². The molecular weight excluding hydrogens is 222 g/mol. The zero-order valence-corrected chi connectivity index (χ0v) is 9.87. The Hall–Kier alpha value is -2.11. The van der Waals surface area contributed by atoms with Gasteiger partial charge in [-0.2, -0.15) is 5.10 Å². The van der Waals surface area contributed by atoms with Crippen LogP contribution in [0.4, 0.5) is 5.69 Å². The van der Waals surface area contributed by atoms with Crippen molar-refractivity contribution in [1.29, 1.82) is 0 Å². The number of esters is 1. The second-order valence-corrected chi connectivity index (χ2v) is 3.48. The molecule has 0 radical (unpaired) electrons. The largest absolute Gasteiger partial charge is 0.462 e. The maximum Gasteiger partial charge on any atom is 0.330 e. The van der Waals surface area contributed by atoms with Gasteiger partial charge in [-0.3, -0.25) is 9.89 Å². The van der Waals surface area contributed by atoms with E-state index in [2.05, 4.69) is 22.1 Å². The summed E-state index contributed by atoms with van der Waals surface area (Å²) >= 11 is 0. The summed E-state index contributed by atoms with van der Waals surface area (Å²) in [5.74, 6) is -0.761. The van der Waals surface area contributed by atoms with Crippen molar-refractivity contribution in [2.45, 2.75) is 20.3 Å². The lowest BCUT2D eigenvalue weighted by molar-refractivity contribution is -0.138. The van der Waals surface area contributed by atoms with Crippen LogP contribution in [-0.2, 0) is 14.3 Å². The maximum absolute atomic E-state index is 11.5. The Kier molecular flexibility index (Phi) is 4.45. The molecule has 0 fully saturated rings. The number of H-pyrrole nitrogens is 1. The Balaban J connectivity index is 2.40. The molecule has 0 aliphatic heterocycles. The van der Waals surface area contributed by atoms with E-state index in [1.54, 1.807) is 6.92 Å². The fraction of sp³-hybridized carbons (Fsp3) is 0.364. The summed E-state index contributed by atoms with van der Waals surface area (Å²) in [5, 5.41) is 9.42. The molecule has 1 aromatic rings. The van der Waals surface area contributed by atoms with Crippen LogP contribution in [0, 0.1) is 13.8 Å². The van der Waals surface area contributed by atoms with Gasteiger partial charge in [-0.15, -0.1) is 0 Å². The molecule has 0 atom stereocenters. The van der Waals surface area contributed by atoms with Gasteiger partial charge in [-0.05, 0) is 13.8 Å². The van der Waals surface area contributed by atoms with E-state index in [0.717, 1.165) is 17.5 Å². The number of amides is 1. The topological polar surface area (TPSA) is 84.1 Å². The summed E-state index contributed by atoms with van der Waals surface area (Å²) in [6.07, 6.45) is 1.16. The minimum atomic E-state index is -0.534. The number of nitrogens with one attached hydrogen (secondary N) is 2. The van der Waals surface area contributed by atoms with Crippen molar-refractivity contribution in [3.8, 4) is 0 Å². The average Bonchev–Trinajstić information content (AvgIpc) is 2.60. The molecule has 1 aromatic heterocycles. The molecule has 17 heavy (non-hydrogen) atoms. The van der Waals surface area contributed by atoms with E-state index in [9.17, 15) is 9.59 Å². The molecule has 0 saturated heterocycles. The first-order chi connectivity index (χ1) is 8.04. The van der Waals surface area contributed by atoms with Crippen LogP contribution in [0.1, 0.15) is 17.8 Å². The number of rotatable bonds is 5. The zero-order valence-electron chi connectivity index (χ0n) is 9.87. The van der Waals surface area contributed by atoms with Gasteiger partial charge in [0.15, 0.2) is 0 Å². The summed E-state index contributed by atoms with van der Waals surface area (Å²) in [6, 6.07) is 0. The smallest absolute Gasteiger partial charge is 0.330 e. The quantitative estimate of drug-likeness (QED) is 0.593. The monoisotopic (exact) mass is 237 g/mol. The molecule has 1 amide bonds. The molecule has 0 aliphatic carbocycles. The fourth-order valence-electron chi connectivity index (χ4n) is 1.24. The number of aromatic nitrogens is 2. The van der Waals surface area contributed by atoms with E-state index < -0.39 is 5.97 Å². The van der Waals surface area contributed by atoms with E-state index in [-0.39, 0.29) is 18.9 Å². The summed E-state index contributed by atoms with van der Waals surface area (Å²) in [4.78, 5) is 22.2. The summed E-state index contributed by atoms with van der Waals surface area (Å²) in [6.45, 7) is 6.89. The van der Waals surface area contributed by atoms with Gasteiger partial charge < -0.3 is 10.1 Å². The zero-order chi connectivity index (χ0) is 12.8. The number of ether oxygens (including phenoxy) is 1. The van der Waals surface area contributed by atoms with Crippen molar-refractivity contribution < 1.29 is 14.3 Å². The first kappa shape index (κ1) is 13.0. The van der Waals surface area contributed by atoms with Gasteiger partial charge in [0.05, 0.1) is 23.5 Å². The van der Waals surface area contributed by atoms with Crippen LogP contribution in [0.15, 0.2) is 12.7 Å². The maximum atomic E-state index is 11.5. The third kappa shape index (κ3) is 3.75. The SMILES string of the molecule is C=CC(=O)OCCC(=O)Nc1c(C)n[nH]c1C. The third-order valence-electron chi connectivity index (χ3n) is 2.13. The van der Waals surface area contributed by atoms with Crippen molar-refractivity contribution in [3.63, 3.8) is 0 Å². The Morgan fingerprint density at radius 3 is 2.76 bits per heavy atom. The molecule has 1 rings (SSSR count). The van der Waals surface area contributed by atoms with Gasteiger partial charge in [-0.25, -0.2) is 4.79 Å². The average molecular weight is 237 g/mol. The Morgan fingerprint density at radius 2 is 2.24 bits per heavy atom. The van der Waals surface area contributed by atoms with E-state index in [4.69, 9.17) is 4.74 Å². The van der Waals surface area contributed by atoms with E-state index >= 15 is 0 Å². The number of anilines is 1. The molecule has 0 bridgehead atoms. The Bertz CT molecular complexity index is 418. The van der Waals surface area contributed by atoms with Crippen LogP contribution in [0.2, 0.25) is 0 Å². The van der Waals surface area contributed by atoms with Gasteiger partial charge in [0, 0.05) is 6.08 Å². The molecule has 0 aliphatic rings. The molecule has 1 heterocycles. The Labute approximate surface area is 99.0 Å². The first-order valence-corrected chi connectivity index (χ1v) is 5.15. The van der Waals surface area contributed by atoms with Crippen LogP contribution >= 0.6 is 0 Å². The predicted molar refractivity (Wildman–Crippen MR) is 62.5 cm³/mol. The van der Waals surface area contributed by atoms with Crippen LogP contribution < -0.4 is 5.32 Å². The second kappa shape index (κ2) is 5.83. The molecule has 0 unspecified atom stereocenters. The highest BCUT2D eigenvalue weighted by Gasteiger charge is 2.10. The van der Waals surface area contributed by atoms with Crippen LogP contribution in [0.5, 0.6) is 0 Å². The number of carbonyl (C=O) groups is 2. The lowest BCUT2D eigenvalue weighted by Gasteiger charge is -2.05. The number of carbonyl (C=O) groups excluding carboxylic acids is 2. The number of hydrogen-bond donors (Lipinski definition) is 2. The number of nitrogens with zero attached hydrogens (tertiary/aromatic N) is 1. The normalized spacial score (nSPS) is 9.76. The second-order valence-electron chi connectivity index (χ2n) is 3.48. The highest BCUT2D eigenvalue weighted by molar-refractivity contribution is 5.92. The van der Waals surface area contributed by atoms with Crippen LogP contribution in [0.3, 0.4) is 0 Å². The standard InChI is InChI=1S/C11H15N3O3/c1-4-10(16)17-6-5-9(15)12-11-7(2)13-14-8(11)3/h4H,1,5-6H2,2-3H3,(H,12,15)(H,13,14). The van der Waals surface area contributed by atoms with E-state index in [1.165, 1.54) is 0 Å². The van der Waals surface area contributed by atoms with E-state index in [1.807, 2.05) is 6.92 Å². The minimum absolute atomic E-state index is 0.0344. The molecule has 0 aromatic carbocycles. The summed E-state index contributed by atoms with van der Waals surface area (Å²) in [5.41, 5.74) is 2.18. The van der Waals surface area contributed by atoms with E-state index in [0.29, 0.717) is 5.69 Å². The molecule has 6 heteroatoms. The van der Waals surface area contributed by atoms with Gasteiger partial charge in [0.2, 0.25) is 5.91 Å². The highest BCUT2D eigenvalue weighted by atomic mass is 16.5. The van der Waals surface area contributed by atoms with Crippen molar-refractivity contribution in [2.24, 2.45) is 0 Å². The first-order valence-electron chi connectivity index (χ1n) is 5.15. The lowest BCUT2D eigenvalue weighted by atomic mass is 10.3.